The lowest BCUT2D eigenvalue weighted by Crippen LogP contribution is -2.49. The molecule has 0 aliphatic carbocycles. The zero-order chi connectivity index (χ0) is 18.4. The van der Waals surface area contributed by atoms with Gasteiger partial charge in [0, 0.05) is 51.7 Å². The molecule has 1 amide bonds. The van der Waals surface area contributed by atoms with E-state index < -0.39 is 0 Å². The van der Waals surface area contributed by atoms with Crippen LogP contribution in [0.25, 0.3) is 0 Å². The Bertz CT molecular complexity index is 697. The molecule has 0 aromatic carbocycles. The summed E-state index contributed by atoms with van der Waals surface area (Å²) >= 11 is 0. The van der Waals surface area contributed by atoms with Crippen molar-refractivity contribution in [3.05, 3.63) is 42.5 Å². The third-order valence-corrected chi connectivity index (χ3v) is 4.27. The van der Waals surface area contributed by atoms with Crippen LogP contribution in [0, 0.1) is 0 Å². The van der Waals surface area contributed by atoms with Gasteiger partial charge < -0.3 is 20.0 Å². The minimum atomic E-state index is -0.0292. The molecule has 3 heterocycles. The molecule has 1 fully saturated rings. The largest absolute Gasteiger partial charge is 0.383 e. The number of hydrogen-bond acceptors (Lipinski definition) is 7. The van der Waals surface area contributed by atoms with Gasteiger partial charge in [0.1, 0.15) is 5.69 Å². The first-order valence-corrected chi connectivity index (χ1v) is 8.79. The minimum Gasteiger partial charge on any atom is -0.383 e. The molecule has 0 atom stereocenters. The van der Waals surface area contributed by atoms with Crippen LogP contribution in [0.15, 0.2) is 36.8 Å². The molecule has 0 bridgehead atoms. The normalized spacial score (nSPS) is 14.6. The lowest BCUT2D eigenvalue weighted by Gasteiger charge is -2.34. The summed E-state index contributed by atoms with van der Waals surface area (Å²) in [6, 6.07) is 5.49. The second-order valence-electron chi connectivity index (χ2n) is 6.49. The SMILES string of the molecule is CN(C)CCNc1ccc(C(=O)N2CCN(c3ncccn3)CC2)nc1. The number of pyridine rings is 1. The molecular weight excluding hydrogens is 330 g/mol. The quantitative estimate of drug-likeness (QED) is 0.821. The average Bonchev–Trinajstić information content (AvgIpc) is 2.68. The highest BCUT2D eigenvalue weighted by Gasteiger charge is 2.23. The number of likely N-dealkylation sites (N-methyl/N-ethyl adjacent to an activating group) is 1. The number of carbonyl (C=O) groups excluding carboxylic acids is 1. The van der Waals surface area contributed by atoms with E-state index in [0.29, 0.717) is 24.7 Å². The Kier molecular flexibility index (Phi) is 5.96. The molecular formula is C18H25N7O. The number of hydrogen-bond donors (Lipinski definition) is 1. The molecule has 1 aliphatic rings. The first-order chi connectivity index (χ1) is 12.6. The fraction of sp³-hybridized carbons (Fsp3) is 0.444. The van der Waals surface area contributed by atoms with Crippen molar-refractivity contribution in [1.29, 1.82) is 0 Å². The summed E-state index contributed by atoms with van der Waals surface area (Å²) in [5, 5.41) is 3.30. The summed E-state index contributed by atoms with van der Waals surface area (Å²) in [5.41, 5.74) is 1.40. The zero-order valence-electron chi connectivity index (χ0n) is 15.3. The summed E-state index contributed by atoms with van der Waals surface area (Å²) < 4.78 is 0. The van der Waals surface area contributed by atoms with Crippen LogP contribution in [0.2, 0.25) is 0 Å². The van der Waals surface area contributed by atoms with Crippen LogP contribution in [0.1, 0.15) is 10.5 Å². The lowest BCUT2D eigenvalue weighted by atomic mass is 10.2. The van der Waals surface area contributed by atoms with Gasteiger partial charge in [-0.25, -0.2) is 15.0 Å². The van der Waals surface area contributed by atoms with E-state index >= 15 is 0 Å². The standard InChI is InChI=1S/C18H25N7O/c1-23(2)9-8-19-15-4-5-16(22-14-15)17(26)24-10-12-25(13-11-24)18-20-6-3-7-21-18/h3-7,14,19H,8-13H2,1-2H3. The molecule has 0 unspecified atom stereocenters. The number of piperazine rings is 1. The smallest absolute Gasteiger partial charge is 0.272 e. The van der Waals surface area contributed by atoms with Crippen LogP contribution in [0.5, 0.6) is 0 Å². The van der Waals surface area contributed by atoms with E-state index in [4.69, 9.17) is 0 Å². The van der Waals surface area contributed by atoms with Gasteiger partial charge in [-0.15, -0.1) is 0 Å². The van der Waals surface area contributed by atoms with Crippen LogP contribution >= 0.6 is 0 Å². The second-order valence-corrected chi connectivity index (χ2v) is 6.49. The topological polar surface area (TPSA) is 77.5 Å². The second kappa shape index (κ2) is 8.57. The van der Waals surface area contributed by atoms with Crippen LogP contribution in [-0.4, -0.2) is 84.0 Å². The van der Waals surface area contributed by atoms with Crippen molar-refractivity contribution in [2.75, 3.05) is 63.6 Å². The lowest BCUT2D eigenvalue weighted by molar-refractivity contribution is 0.0740. The van der Waals surface area contributed by atoms with Crippen molar-refractivity contribution < 1.29 is 4.79 Å². The molecule has 3 rings (SSSR count). The summed E-state index contributed by atoms with van der Waals surface area (Å²) in [4.78, 5) is 31.5. The first kappa shape index (κ1) is 18.1. The van der Waals surface area contributed by atoms with E-state index in [0.717, 1.165) is 31.9 Å². The Morgan fingerprint density at radius 3 is 2.46 bits per heavy atom. The molecule has 1 aliphatic heterocycles. The third-order valence-electron chi connectivity index (χ3n) is 4.27. The van der Waals surface area contributed by atoms with Crippen LogP contribution in [0.4, 0.5) is 11.6 Å². The number of amides is 1. The predicted octanol–water partition coefficient (Wildman–Crippen LogP) is 0.807. The van der Waals surface area contributed by atoms with Crippen LogP contribution < -0.4 is 10.2 Å². The van der Waals surface area contributed by atoms with Gasteiger partial charge in [-0.1, -0.05) is 0 Å². The highest BCUT2D eigenvalue weighted by Crippen LogP contribution is 2.13. The highest BCUT2D eigenvalue weighted by molar-refractivity contribution is 5.92. The summed E-state index contributed by atoms with van der Waals surface area (Å²) in [6.45, 7) is 4.50. The fourth-order valence-electron chi connectivity index (χ4n) is 2.77. The molecule has 138 valence electrons. The Balaban J connectivity index is 1.52. The van der Waals surface area contributed by atoms with Gasteiger partial charge in [-0.2, -0.15) is 0 Å². The Hall–Kier alpha value is -2.74. The number of nitrogens with zero attached hydrogens (tertiary/aromatic N) is 6. The van der Waals surface area contributed by atoms with Gasteiger partial charge in [0.25, 0.3) is 5.91 Å². The Labute approximate surface area is 153 Å². The van der Waals surface area contributed by atoms with Crippen LogP contribution in [0.3, 0.4) is 0 Å². The molecule has 0 spiro atoms. The molecule has 2 aromatic rings. The highest BCUT2D eigenvalue weighted by atomic mass is 16.2. The van der Waals surface area contributed by atoms with Crippen LogP contribution in [-0.2, 0) is 0 Å². The van der Waals surface area contributed by atoms with Crippen molar-refractivity contribution in [1.82, 2.24) is 24.8 Å². The predicted molar refractivity (Wildman–Crippen MR) is 101 cm³/mol. The van der Waals surface area contributed by atoms with Gasteiger partial charge in [0.2, 0.25) is 5.95 Å². The van der Waals surface area contributed by atoms with E-state index in [1.807, 2.05) is 25.1 Å². The number of aromatic nitrogens is 3. The molecule has 8 heteroatoms. The maximum absolute atomic E-state index is 12.6. The third kappa shape index (κ3) is 4.66. The fourth-order valence-corrected chi connectivity index (χ4v) is 2.77. The van der Waals surface area contributed by atoms with E-state index in [9.17, 15) is 4.79 Å². The number of carbonyl (C=O) groups is 1. The van der Waals surface area contributed by atoms with Gasteiger partial charge in [-0.3, -0.25) is 4.79 Å². The summed E-state index contributed by atoms with van der Waals surface area (Å²) in [7, 11) is 4.07. The number of anilines is 2. The van der Waals surface area contributed by atoms with Crippen molar-refractivity contribution in [3.63, 3.8) is 0 Å². The Morgan fingerprint density at radius 1 is 1.12 bits per heavy atom. The molecule has 1 N–H and O–H groups in total. The molecule has 2 aromatic heterocycles. The van der Waals surface area contributed by atoms with Gasteiger partial charge in [0.05, 0.1) is 11.9 Å². The molecule has 26 heavy (non-hydrogen) atoms. The summed E-state index contributed by atoms with van der Waals surface area (Å²) in [5.74, 6) is 0.685. The maximum Gasteiger partial charge on any atom is 0.272 e. The van der Waals surface area contributed by atoms with Crippen molar-refractivity contribution in [3.8, 4) is 0 Å². The van der Waals surface area contributed by atoms with Crippen molar-refractivity contribution in [2.45, 2.75) is 0 Å². The molecule has 1 saturated heterocycles. The summed E-state index contributed by atoms with van der Waals surface area (Å²) in [6.07, 6.45) is 5.19. The molecule has 0 radical (unpaired) electrons. The monoisotopic (exact) mass is 355 g/mol. The number of rotatable bonds is 6. The minimum absolute atomic E-state index is 0.0292. The average molecular weight is 355 g/mol. The van der Waals surface area contributed by atoms with Gasteiger partial charge in [0.15, 0.2) is 0 Å². The first-order valence-electron chi connectivity index (χ1n) is 8.79. The van der Waals surface area contributed by atoms with E-state index in [2.05, 4.69) is 30.1 Å². The van der Waals surface area contributed by atoms with Gasteiger partial charge in [-0.05, 0) is 32.3 Å². The van der Waals surface area contributed by atoms with E-state index in [1.54, 1.807) is 30.7 Å². The zero-order valence-corrected chi connectivity index (χ0v) is 15.3. The van der Waals surface area contributed by atoms with E-state index in [-0.39, 0.29) is 5.91 Å². The van der Waals surface area contributed by atoms with Gasteiger partial charge >= 0.3 is 0 Å². The van der Waals surface area contributed by atoms with Crippen molar-refractivity contribution in [2.24, 2.45) is 0 Å². The Morgan fingerprint density at radius 2 is 1.85 bits per heavy atom. The molecule has 0 saturated carbocycles. The van der Waals surface area contributed by atoms with E-state index in [1.165, 1.54) is 0 Å². The molecule has 8 nitrogen and oxygen atoms in total. The van der Waals surface area contributed by atoms with Crippen molar-refractivity contribution >= 4 is 17.5 Å². The number of nitrogens with one attached hydrogen (secondary N) is 1. The maximum atomic E-state index is 12.6.